The minimum Gasteiger partial charge on any atom is -0.469 e. The molecule has 0 amide bonds. The van der Waals surface area contributed by atoms with E-state index in [1.165, 1.54) is 25.5 Å². The van der Waals surface area contributed by atoms with Gasteiger partial charge in [-0.25, -0.2) is 0 Å². The Kier molecular flexibility index (Phi) is 6.74. The quantitative estimate of drug-likeness (QED) is 0.338. The van der Waals surface area contributed by atoms with E-state index < -0.39 is 0 Å². The van der Waals surface area contributed by atoms with Crippen LogP contribution in [0.4, 0.5) is 0 Å². The molecule has 2 fully saturated rings. The fourth-order valence-electron chi connectivity index (χ4n) is 9.20. The van der Waals surface area contributed by atoms with Gasteiger partial charge in [-0.2, -0.15) is 0 Å². The fraction of sp³-hybridized carbons (Fsp3) is 0.806. The molecule has 0 aromatic heterocycles. The molecular formula is C31H48O4. The van der Waals surface area contributed by atoms with Crippen molar-refractivity contribution in [2.45, 2.75) is 106 Å². The molecule has 0 aromatic carbocycles. The number of hydrogen-bond donors (Lipinski definition) is 1. The summed E-state index contributed by atoms with van der Waals surface area (Å²) >= 11 is 0. The van der Waals surface area contributed by atoms with Crippen LogP contribution in [0.1, 0.15) is 99.8 Å². The smallest absolute Gasteiger partial charge is 0.308 e. The van der Waals surface area contributed by atoms with E-state index in [2.05, 4.69) is 53.7 Å². The number of carbonyl (C=O) groups excluding carboxylic acids is 2. The second-order valence-corrected chi connectivity index (χ2v) is 13.7. The van der Waals surface area contributed by atoms with E-state index in [0.717, 1.165) is 25.7 Å². The average molecular weight is 485 g/mol. The van der Waals surface area contributed by atoms with Gasteiger partial charge in [0.15, 0.2) is 0 Å². The van der Waals surface area contributed by atoms with Gasteiger partial charge in [-0.3, -0.25) is 9.59 Å². The SMILES string of the molecule is COC(=O)[C@H](C)CC(=O)C[C@@H](C)C1=CC[C@@]2(C)[C@@H]3CC[C@@H]4C(C)(C)[C@H](O)CC[C@]4(C)C3=CC[C@]12C. The molecular weight excluding hydrogens is 436 g/mol. The summed E-state index contributed by atoms with van der Waals surface area (Å²) in [6, 6.07) is 0. The molecule has 0 saturated heterocycles. The maximum Gasteiger partial charge on any atom is 0.308 e. The highest BCUT2D eigenvalue weighted by atomic mass is 16.5. The number of carbonyl (C=O) groups is 2. The number of allylic oxidation sites excluding steroid dienone is 4. The van der Waals surface area contributed by atoms with Gasteiger partial charge < -0.3 is 9.84 Å². The van der Waals surface area contributed by atoms with Crippen LogP contribution >= 0.6 is 0 Å². The minimum atomic E-state index is -0.382. The van der Waals surface area contributed by atoms with Crippen molar-refractivity contribution in [2.75, 3.05) is 7.11 Å². The van der Waals surface area contributed by atoms with Crippen molar-refractivity contribution in [3.8, 4) is 0 Å². The Hall–Kier alpha value is -1.42. The number of ketones is 1. The topological polar surface area (TPSA) is 63.6 Å². The van der Waals surface area contributed by atoms with E-state index in [-0.39, 0.29) is 57.8 Å². The van der Waals surface area contributed by atoms with Gasteiger partial charge >= 0.3 is 5.97 Å². The Labute approximate surface area is 213 Å². The molecule has 0 aliphatic heterocycles. The van der Waals surface area contributed by atoms with Crippen LogP contribution in [0.3, 0.4) is 0 Å². The first kappa shape index (κ1) is 26.6. The number of hydrogen-bond acceptors (Lipinski definition) is 4. The summed E-state index contributed by atoms with van der Waals surface area (Å²) < 4.78 is 4.81. The summed E-state index contributed by atoms with van der Waals surface area (Å²) in [6.07, 6.45) is 12.0. The van der Waals surface area contributed by atoms with Gasteiger partial charge in [0.25, 0.3) is 0 Å². The molecule has 8 atom stereocenters. The molecule has 1 N–H and O–H groups in total. The highest BCUT2D eigenvalue weighted by molar-refractivity contribution is 5.84. The molecule has 4 heteroatoms. The van der Waals surface area contributed by atoms with Crippen molar-refractivity contribution >= 4 is 11.8 Å². The number of aliphatic hydroxyl groups is 1. The van der Waals surface area contributed by atoms with Crippen molar-refractivity contribution in [3.05, 3.63) is 23.3 Å². The molecule has 0 bridgehead atoms. The van der Waals surface area contributed by atoms with Crippen LogP contribution in [-0.2, 0) is 14.3 Å². The molecule has 4 rings (SSSR count). The van der Waals surface area contributed by atoms with Gasteiger partial charge in [-0.1, -0.05) is 71.8 Å². The standard InChI is InChI=1S/C31H48O4/c1-19(17-21(32)18-20(2)27(34)35-8)22-11-15-31(7)24-9-10-25-28(3,4)26(33)13-14-29(25,5)23(24)12-16-30(22,31)6/h11-12,19-20,24-26,33H,9-10,13-18H2,1-8H3/t19-,20-,24-,25-,26-,29-,30-,31+/m1/s1. The molecule has 196 valence electrons. The summed E-state index contributed by atoms with van der Waals surface area (Å²) in [7, 11) is 1.38. The van der Waals surface area contributed by atoms with Gasteiger partial charge in [-0.15, -0.1) is 0 Å². The molecule has 4 nitrogen and oxygen atoms in total. The van der Waals surface area contributed by atoms with E-state index in [0.29, 0.717) is 18.3 Å². The lowest BCUT2D eigenvalue weighted by molar-refractivity contribution is -0.146. The Morgan fingerprint density at radius 2 is 1.71 bits per heavy atom. The second kappa shape index (κ2) is 8.85. The molecule has 4 aliphatic carbocycles. The van der Waals surface area contributed by atoms with E-state index in [4.69, 9.17) is 4.74 Å². The lowest BCUT2D eigenvalue weighted by Gasteiger charge is -2.64. The first-order valence-electron chi connectivity index (χ1n) is 13.9. The van der Waals surface area contributed by atoms with Gasteiger partial charge in [0.2, 0.25) is 0 Å². The number of methoxy groups -OCH3 is 1. The van der Waals surface area contributed by atoms with Gasteiger partial charge in [0.05, 0.1) is 19.1 Å². The van der Waals surface area contributed by atoms with E-state index in [1.54, 1.807) is 12.5 Å². The van der Waals surface area contributed by atoms with Crippen LogP contribution in [-0.4, -0.2) is 30.1 Å². The Morgan fingerprint density at radius 1 is 1.03 bits per heavy atom. The third kappa shape index (κ3) is 3.88. The molecule has 0 radical (unpaired) electrons. The second-order valence-electron chi connectivity index (χ2n) is 13.7. The van der Waals surface area contributed by atoms with Gasteiger partial charge in [0.1, 0.15) is 5.78 Å². The van der Waals surface area contributed by atoms with Crippen molar-refractivity contribution in [1.29, 1.82) is 0 Å². The minimum absolute atomic E-state index is 0.0459. The van der Waals surface area contributed by atoms with E-state index in [9.17, 15) is 14.7 Å². The van der Waals surface area contributed by atoms with Crippen LogP contribution < -0.4 is 0 Å². The number of rotatable bonds is 6. The van der Waals surface area contributed by atoms with Crippen LogP contribution in [0.25, 0.3) is 0 Å². The lowest BCUT2D eigenvalue weighted by Crippen LogP contribution is -2.57. The van der Waals surface area contributed by atoms with Gasteiger partial charge in [-0.05, 0) is 77.9 Å². The predicted molar refractivity (Wildman–Crippen MR) is 140 cm³/mol. The number of fused-ring (bicyclic) bond motifs is 5. The molecule has 0 heterocycles. The normalized spacial score (nSPS) is 41.5. The number of esters is 1. The van der Waals surface area contributed by atoms with E-state index in [1.807, 2.05) is 0 Å². The summed E-state index contributed by atoms with van der Waals surface area (Å²) in [5.41, 5.74) is 3.46. The molecule has 0 unspecified atom stereocenters. The van der Waals surface area contributed by atoms with Crippen LogP contribution in [0.5, 0.6) is 0 Å². The van der Waals surface area contributed by atoms with E-state index >= 15 is 0 Å². The molecule has 4 aliphatic rings. The monoisotopic (exact) mass is 484 g/mol. The molecule has 2 saturated carbocycles. The Morgan fingerprint density at radius 3 is 2.37 bits per heavy atom. The highest BCUT2D eigenvalue weighted by Crippen LogP contribution is 2.71. The summed E-state index contributed by atoms with van der Waals surface area (Å²) in [5, 5.41) is 10.8. The molecule has 0 aromatic rings. The van der Waals surface area contributed by atoms with Crippen molar-refractivity contribution < 1.29 is 19.4 Å². The third-order valence-corrected chi connectivity index (χ3v) is 11.6. The highest BCUT2D eigenvalue weighted by Gasteiger charge is 2.63. The van der Waals surface area contributed by atoms with Crippen LogP contribution in [0, 0.1) is 45.3 Å². The van der Waals surface area contributed by atoms with Crippen LogP contribution in [0.2, 0.25) is 0 Å². The Bertz CT molecular complexity index is 944. The van der Waals surface area contributed by atoms with Gasteiger partial charge in [0, 0.05) is 12.8 Å². The third-order valence-electron chi connectivity index (χ3n) is 11.6. The summed E-state index contributed by atoms with van der Waals surface area (Å²) in [4.78, 5) is 24.6. The zero-order valence-corrected chi connectivity index (χ0v) is 23.4. The van der Waals surface area contributed by atoms with Crippen molar-refractivity contribution in [2.24, 2.45) is 45.3 Å². The largest absolute Gasteiger partial charge is 0.469 e. The van der Waals surface area contributed by atoms with Crippen molar-refractivity contribution in [1.82, 2.24) is 0 Å². The zero-order valence-electron chi connectivity index (χ0n) is 23.4. The lowest BCUT2D eigenvalue weighted by atomic mass is 9.41. The summed E-state index contributed by atoms with van der Waals surface area (Å²) in [6.45, 7) is 16.0. The number of Topliss-reactive ketones (excluding diaryl/α,β-unsaturated/α-hetero) is 1. The first-order chi connectivity index (χ1) is 16.2. The maximum atomic E-state index is 12.8. The maximum absolute atomic E-state index is 12.8. The molecule has 35 heavy (non-hydrogen) atoms. The zero-order chi connectivity index (χ0) is 26.0. The first-order valence-corrected chi connectivity index (χ1v) is 13.9. The fourth-order valence-corrected chi connectivity index (χ4v) is 9.20. The number of ether oxygens (including phenoxy) is 1. The predicted octanol–water partition coefficient (Wildman–Crippen LogP) is 6.67. The summed E-state index contributed by atoms with van der Waals surface area (Å²) in [5.74, 6) is 0.729. The van der Waals surface area contributed by atoms with Crippen molar-refractivity contribution in [3.63, 3.8) is 0 Å². The van der Waals surface area contributed by atoms with Crippen LogP contribution in [0.15, 0.2) is 23.3 Å². The number of aliphatic hydroxyl groups excluding tert-OH is 1. The Balaban J connectivity index is 1.56. The molecule has 0 spiro atoms. The average Bonchev–Trinajstić information content (AvgIpc) is 3.07.